The number of hydrogen-bond donors (Lipinski definition) is 2. The van der Waals surface area contributed by atoms with Crippen LogP contribution in [0, 0.1) is 0 Å². The predicted molar refractivity (Wildman–Crippen MR) is 47.4 cm³/mol. The molecule has 2 heterocycles. The quantitative estimate of drug-likeness (QED) is 0.622. The molecular weight excluding hydrogens is 168 g/mol. The summed E-state index contributed by atoms with van der Waals surface area (Å²) < 4.78 is 4.95. The second-order valence-electron chi connectivity index (χ2n) is 3.24. The summed E-state index contributed by atoms with van der Waals surface area (Å²) in [4.78, 5) is 13.5. The SMILES string of the molecule is O=c1[nH]c2cc3c(cc2o1)CNC3. The number of nitrogens with one attached hydrogen (secondary N) is 2. The van der Waals surface area contributed by atoms with Gasteiger partial charge in [-0.05, 0) is 23.3 Å². The van der Waals surface area contributed by atoms with Crippen LogP contribution in [0.1, 0.15) is 11.1 Å². The van der Waals surface area contributed by atoms with Gasteiger partial charge in [-0.15, -0.1) is 0 Å². The zero-order valence-electron chi connectivity index (χ0n) is 6.89. The Morgan fingerprint density at radius 1 is 1.23 bits per heavy atom. The molecule has 0 fully saturated rings. The molecule has 4 heteroatoms. The number of hydrogen-bond acceptors (Lipinski definition) is 3. The van der Waals surface area contributed by atoms with Crippen molar-refractivity contribution >= 4 is 11.1 Å². The van der Waals surface area contributed by atoms with Crippen LogP contribution in [0.15, 0.2) is 21.3 Å². The van der Waals surface area contributed by atoms with Gasteiger partial charge in [0.05, 0.1) is 5.52 Å². The molecular formula is C9H8N2O2. The molecule has 13 heavy (non-hydrogen) atoms. The number of aromatic amines is 1. The van der Waals surface area contributed by atoms with Crippen LogP contribution in [-0.2, 0) is 13.1 Å². The summed E-state index contributed by atoms with van der Waals surface area (Å²) in [6.07, 6.45) is 0. The van der Waals surface area contributed by atoms with Crippen molar-refractivity contribution in [1.29, 1.82) is 0 Å². The number of fused-ring (bicyclic) bond motifs is 2. The maximum absolute atomic E-state index is 10.9. The van der Waals surface area contributed by atoms with Gasteiger partial charge in [-0.1, -0.05) is 0 Å². The fourth-order valence-electron chi connectivity index (χ4n) is 1.75. The van der Waals surface area contributed by atoms with Crippen molar-refractivity contribution in [2.75, 3.05) is 0 Å². The molecule has 0 amide bonds. The van der Waals surface area contributed by atoms with E-state index >= 15 is 0 Å². The molecule has 1 aliphatic heterocycles. The van der Waals surface area contributed by atoms with Crippen molar-refractivity contribution in [1.82, 2.24) is 10.3 Å². The van der Waals surface area contributed by atoms with Gasteiger partial charge in [0, 0.05) is 13.1 Å². The minimum Gasteiger partial charge on any atom is -0.408 e. The van der Waals surface area contributed by atoms with E-state index in [4.69, 9.17) is 4.42 Å². The summed E-state index contributed by atoms with van der Waals surface area (Å²) in [7, 11) is 0. The Hall–Kier alpha value is -1.55. The summed E-state index contributed by atoms with van der Waals surface area (Å²) in [6.45, 7) is 1.73. The van der Waals surface area contributed by atoms with E-state index < -0.39 is 0 Å². The average Bonchev–Trinajstić information content (AvgIpc) is 2.63. The zero-order valence-corrected chi connectivity index (χ0v) is 6.89. The molecule has 1 aliphatic rings. The lowest BCUT2D eigenvalue weighted by atomic mass is 10.1. The van der Waals surface area contributed by atoms with Crippen LogP contribution in [-0.4, -0.2) is 4.98 Å². The highest BCUT2D eigenvalue weighted by atomic mass is 16.4. The Morgan fingerprint density at radius 2 is 2.00 bits per heavy atom. The third-order valence-electron chi connectivity index (χ3n) is 2.37. The Kier molecular flexibility index (Phi) is 1.19. The smallest absolute Gasteiger partial charge is 0.408 e. The van der Waals surface area contributed by atoms with E-state index in [-0.39, 0.29) is 5.76 Å². The number of oxazole rings is 1. The first-order valence-corrected chi connectivity index (χ1v) is 4.18. The second-order valence-corrected chi connectivity index (χ2v) is 3.24. The number of H-pyrrole nitrogens is 1. The Balaban J connectivity index is 2.41. The Labute approximate surface area is 73.6 Å². The highest BCUT2D eigenvalue weighted by Gasteiger charge is 2.12. The van der Waals surface area contributed by atoms with Gasteiger partial charge in [-0.3, -0.25) is 4.98 Å². The first-order valence-electron chi connectivity index (χ1n) is 4.18. The number of rotatable bonds is 0. The third-order valence-corrected chi connectivity index (χ3v) is 2.37. The minimum atomic E-state index is -0.383. The van der Waals surface area contributed by atoms with Crippen LogP contribution in [0.3, 0.4) is 0 Å². The van der Waals surface area contributed by atoms with Crippen molar-refractivity contribution in [3.8, 4) is 0 Å². The van der Waals surface area contributed by atoms with Gasteiger partial charge in [0.2, 0.25) is 0 Å². The first kappa shape index (κ1) is 6.91. The highest BCUT2D eigenvalue weighted by Crippen LogP contribution is 2.21. The topological polar surface area (TPSA) is 58.0 Å². The number of aromatic nitrogens is 1. The summed E-state index contributed by atoms with van der Waals surface area (Å²) >= 11 is 0. The maximum atomic E-state index is 10.9. The molecule has 0 radical (unpaired) electrons. The molecule has 2 aromatic rings. The lowest BCUT2D eigenvalue weighted by Crippen LogP contribution is -2.00. The molecule has 0 atom stereocenters. The molecule has 1 aromatic heterocycles. The van der Waals surface area contributed by atoms with Crippen LogP contribution in [0.2, 0.25) is 0 Å². The molecule has 1 aromatic carbocycles. The van der Waals surface area contributed by atoms with Crippen LogP contribution in [0.5, 0.6) is 0 Å². The van der Waals surface area contributed by atoms with Gasteiger partial charge in [-0.25, -0.2) is 4.79 Å². The van der Waals surface area contributed by atoms with E-state index in [1.807, 2.05) is 12.1 Å². The van der Waals surface area contributed by atoms with Gasteiger partial charge >= 0.3 is 5.76 Å². The lowest BCUT2D eigenvalue weighted by molar-refractivity contribution is 0.555. The maximum Gasteiger partial charge on any atom is 0.417 e. The monoisotopic (exact) mass is 176 g/mol. The summed E-state index contributed by atoms with van der Waals surface area (Å²) in [6, 6.07) is 3.89. The Morgan fingerprint density at radius 3 is 2.85 bits per heavy atom. The molecule has 66 valence electrons. The van der Waals surface area contributed by atoms with Crippen molar-refractivity contribution < 1.29 is 4.42 Å². The van der Waals surface area contributed by atoms with Gasteiger partial charge in [0.1, 0.15) is 0 Å². The van der Waals surface area contributed by atoms with Crippen molar-refractivity contribution in [3.63, 3.8) is 0 Å². The van der Waals surface area contributed by atoms with E-state index in [2.05, 4.69) is 10.3 Å². The highest BCUT2D eigenvalue weighted by molar-refractivity contribution is 5.74. The largest absolute Gasteiger partial charge is 0.417 e. The molecule has 0 bridgehead atoms. The molecule has 0 aliphatic carbocycles. The van der Waals surface area contributed by atoms with E-state index in [9.17, 15) is 4.79 Å². The number of benzene rings is 1. The fourth-order valence-corrected chi connectivity index (χ4v) is 1.75. The van der Waals surface area contributed by atoms with E-state index in [0.29, 0.717) is 5.58 Å². The Bertz CT molecular complexity index is 480. The standard InChI is InChI=1S/C9H8N2O2/c12-9-11-7-1-5-3-10-4-6(5)2-8(7)13-9/h1-2,10H,3-4H2,(H,11,12). The third kappa shape index (κ3) is 0.922. The molecule has 2 N–H and O–H groups in total. The van der Waals surface area contributed by atoms with Gasteiger partial charge in [-0.2, -0.15) is 0 Å². The van der Waals surface area contributed by atoms with Crippen molar-refractivity contribution in [2.45, 2.75) is 13.1 Å². The fraction of sp³-hybridized carbons (Fsp3) is 0.222. The van der Waals surface area contributed by atoms with Gasteiger partial charge < -0.3 is 9.73 Å². The van der Waals surface area contributed by atoms with E-state index in [0.717, 1.165) is 18.6 Å². The molecule has 0 spiro atoms. The van der Waals surface area contributed by atoms with Gasteiger partial charge in [0.15, 0.2) is 5.58 Å². The van der Waals surface area contributed by atoms with Crippen molar-refractivity contribution in [3.05, 3.63) is 33.8 Å². The minimum absolute atomic E-state index is 0.383. The normalized spacial score (nSPS) is 15.1. The zero-order chi connectivity index (χ0) is 8.84. The summed E-state index contributed by atoms with van der Waals surface area (Å²) in [5, 5.41) is 3.23. The van der Waals surface area contributed by atoms with Crippen LogP contribution in [0.25, 0.3) is 11.1 Å². The second kappa shape index (κ2) is 2.23. The van der Waals surface area contributed by atoms with Crippen LogP contribution in [0.4, 0.5) is 0 Å². The van der Waals surface area contributed by atoms with Crippen molar-refractivity contribution in [2.24, 2.45) is 0 Å². The van der Waals surface area contributed by atoms with Crippen LogP contribution < -0.4 is 11.1 Å². The molecule has 0 saturated heterocycles. The van der Waals surface area contributed by atoms with E-state index in [1.165, 1.54) is 11.1 Å². The summed E-state index contributed by atoms with van der Waals surface area (Å²) in [5.74, 6) is -0.383. The summed E-state index contributed by atoms with van der Waals surface area (Å²) in [5.41, 5.74) is 3.89. The first-order chi connectivity index (χ1) is 6.33. The van der Waals surface area contributed by atoms with Crippen LogP contribution >= 0.6 is 0 Å². The lowest BCUT2D eigenvalue weighted by Gasteiger charge is -1.94. The van der Waals surface area contributed by atoms with Gasteiger partial charge in [0.25, 0.3) is 0 Å². The molecule has 0 unspecified atom stereocenters. The average molecular weight is 176 g/mol. The predicted octanol–water partition coefficient (Wildman–Crippen LogP) is 0.724. The molecule has 0 saturated carbocycles. The molecule has 4 nitrogen and oxygen atoms in total. The molecule has 3 rings (SSSR count). The van der Waals surface area contributed by atoms with E-state index in [1.54, 1.807) is 0 Å².